The second kappa shape index (κ2) is 4.21. The number of carbonyl (C=O) groups excluding carboxylic acids is 1. The lowest BCUT2D eigenvalue weighted by atomic mass is 10.0. The van der Waals surface area contributed by atoms with Crippen molar-refractivity contribution in [3.8, 4) is 0 Å². The van der Waals surface area contributed by atoms with Gasteiger partial charge in [0.15, 0.2) is 5.78 Å². The van der Waals surface area contributed by atoms with Gasteiger partial charge in [-0.15, -0.1) is 11.6 Å². The summed E-state index contributed by atoms with van der Waals surface area (Å²) >= 11 is 7.87. The minimum Gasteiger partial charge on any atom is -0.292 e. The van der Waals surface area contributed by atoms with Crippen LogP contribution in [0.2, 0.25) is 0 Å². The molecule has 0 saturated heterocycles. The zero-order valence-electron chi connectivity index (χ0n) is 8.89. The van der Waals surface area contributed by atoms with Crippen LogP contribution in [0.4, 0.5) is 0 Å². The maximum Gasteiger partial charge on any atom is 0.186 e. The van der Waals surface area contributed by atoms with Gasteiger partial charge in [-0.2, -0.15) is 0 Å². The van der Waals surface area contributed by atoms with Gasteiger partial charge in [0.05, 0.1) is 0 Å². The number of fused-ring (bicyclic) bond motifs is 2. The summed E-state index contributed by atoms with van der Waals surface area (Å²) in [6.07, 6.45) is 0. The number of ketones is 1. The molecule has 0 N–H and O–H groups in total. The number of Topliss-reactive ketones (excluding diaryl/α,β-unsaturated/α-hetero) is 1. The van der Waals surface area contributed by atoms with Crippen LogP contribution in [0.1, 0.15) is 21.3 Å². The minimum atomic E-state index is -0.581. The van der Waals surface area contributed by atoms with Crippen molar-refractivity contribution < 1.29 is 4.79 Å². The van der Waals surface area contributed by atoms with Crippen LogP contribution in [-0.4, -0.2) is 5.78 Å². The summed E-state index contributed by atoms with van der Waals surface area (Å²) < 4.78 is 0. The van der Waals surface area contributed by atoms with Crippen molar-refractivity contribution in [2.24, 2.45) is 0 Å². The standard InChI is InChI=1S/C14H9ClOS/c15-13-9-5-1-3-7-11(9)17-12-8-4-2-6-10(12)14(13)16/h1-8,13H. The van der Waals surface area contributed by atoms with Gasteiger partial charge in [0.25, 0.3) is 0 Å². The van der Waals surface area contributed by atoms with Crippen molar-refractivity contribution in [1.82, 2.24) is 0 Å². The highest BCUT2D eigenvalue weighted by molar-refractivity contribution is 7.99. The van der Waals surface area contributed by atoms with Gasteiger partial charge in [-0.05, 0) is 17.7 Å². The average molecular weight is 261 g/mol. The Kier molecular flexibility index (Phi) is 2.69. The van der Waals surface area contributed by atoms with Gasteiger partial charge in [0, 0.05) is 15.4 Å². The fourth-order valence-electron chi connectivity index (χ4n) is 1.94. The third kappa shape index (κ3) is 1.78. The molecule has 0 radical (unpaired) electrons. The Labute approximate surface area is 109 Å². The van der Waals surface area contributed by atoms with E-state index in [0.717, 1.165) is 15.4 Å². The summed E-state index contributed by atoms with van der Waals surface area (Å²) in [4.78, 5) is 14.3. The Balaban J connectivity index is 2.24. The third-order valence-corrected chi connectivity index (χ3v) is 4.40. The fraction of sp³-hybridized carbons (Fsp3) is 0.0714. The lowest BCUT2D eigenvalue weighted by Gasteiger charge is -2.07. The van der Waals surface area contributed by atoms with E-state index in [9.17, 15) is 4.79 Å². The largest absolute Gasteiger partial charge is 0.292 e. The molecule has 0 amide bonds. The fourth-order valence-corrected chi connectivity index (χ4v) is 3.42. The van der Waals surface area contributed by atoms with Gasteiger partial charge in [0.2, 0.25) is 0 Å². The minimum absolute atomic E-state index is 0.0142. The summed E-state index contributed by atoms with van der Waals surface area (Å²) in [5.74, 6) is -0.0142. The van der Waals surface area contributed by atoms with Crippen molar-refractivity contribution in [3.05, 3.63) is 59.7 Å². The van der Waals surface area contributed by atoms with E-state index in [0.29, 0.717) is 5.56 Å². The van der Waals surface area contributed by atoms with Crippen LogP contribution in [0.15, 0.2) is 58.3 Å². The summed E-state index contributed by atoms with van der Waals surface area (Å²) in [5, 5.41) is -0.581. The molecule has 1 nitrogen and oxygen atoms in total. The second-order valence-electron chi connectivity index (χ2n) is 3.86. The van der Waals surface area contributed by atoms with E-state index in [1.807, 2.05) is 48.5 Å². The second-order valence-corrected chi connectivity index (χ2v) is 5.38. The maximum atomic E-state index is 12.3. The third-order valence-electron chi connectivity index (χ3n) is 2.79. The molecule has 0 bridgehead atoms. The van der Waals surface area contributed by atoms with E-state index in [-0.39, 0.29) is 5.78 Å². The molecule has 0 fully saturated rings. The summed E-state index contributed by atoms with van der Waals surface area (Å²) in [6.45, 7) is 0. The molecule has 0 aliphatic carbocycles. The molecule has 17 heavy (non-hydrogen) atoms. The highest BCUT2D eigenvalue weighted by Gasteiger charge is 2.27. The smallest absolute Gasteiger partial charge is 0.186 e. The zero-order valence-corrected chi connectivity index (χ0v) is 10.5. The van der Waals surface area contributed by atoms with Crippen LogP contribution in [0.5, 0.6) is 0 Å². The zero-order chi connectivity index (χ0) is 11.8. The number of halogens is 1. The van der Waals surface area contributed by atoms with E-state index in [2.05, 4.69) is 0 Å². The number of benzene rings is 2. The first kappa shape index (κ1) is 10.9. The Bertz CT molecular complexity index is 594. The van der Waals surface area contributed by atoms with Crippen LogP contribution in [0.3, 0.4) is 0 Å². The molecular formula is C14H9ClOS. The van der Waals surface area contributed by atoms with E-state index in [1.54, 1.807) is 11.8 Å². The Hall–Kier alpha value is -1.25. The van der Waals surface area contributed by atoms with Crippen LogP contribution >= 0.6 is 23.4 Å². The van der Waals surface area contributed by atoms with Gasteiger partial charge < -0.3 is 0 Å². The van der Waals surface area contributed by atoms with E-state index in [4.69, 9.17) is 11.6 Å². The van der Waals surface area contributed by atoms with E-state index < -0.39 is 5.38 Å². The molecule has 2 aromatic rings. The lowest BCUT2D eigenvalue weighted by molar-refractivity contribution is 0.0984. The van der Waals surface area contributed by atoms with Crippen molar-refractivity contribution in [3.63, 3.8) is 0 Å². The first-order valence-corrected chi connectivity index (χ1v) is 6.57. The monoisotopic (exact) mass is 260 g/mol. The predicted molar refractivity (Wildman–Crippen MR) is 69.9 cm³/mol. The molecule has 1 unspecified atom stereocenters. The highest BCUT2D eigenvalue weighted by atomic mass is 35.5. The molecule has 2 aromatic carbocycles. The Morgan fingerprint density at radius 2 is 1.59 bits per heavy atom. The molecular weight excluding hydrogens is 252 g/mol. The summed E-state index contributed by atoms with van der Waals surface area (Å²) in [6, 6.07) is 15.4. The Morgan fingerprint density at radius 3 is 2.41 bits per heavy atom. The van der Waals surface area contributed by atoms with E-state index >= 15 is 0 Å². The van der Waals surface area contributed by atoms with E-state index in [1.165, 1.54) is 0 Å². The lowest BCUT2D eigenvalue weighted by Crippen LogP contribution is -2.06. The van der Waals surface area contributed by atoms with Crippen LogP contribution < -0.4 is 0 Å². The SMILES string of the molecule is O=C1c2ccccc2Sc2ccccc2C1Cl. The number of carbonyl (C=O) groups is 1. The average Bonchev–Trinajstić information content (AvgIpc) is 2.48. The molecule has 1 aliphatic heterocycles. The molecule has 1 heterocycles. The normalized spacial score (nSPS) is 18.2. The topological polar surface area (TPSA) is 17.1 Å². The molecule has 3 heteroatoms. The maximum absolute atomic E-state index is 12.3. The molecule has 3 rings (SSSR count). The summed E-state index contributed by atoms with van der Waals surface area (Å²) in [5.41, 5.74) is 1.62. The van der Waals surface area contributed by atoms with Crippen molar-refractivity contribution in [2.45, 2.75) is 15.2 Å². The summed E-state index contributed by atoms with van der Waals surface area (Å²) in [7, 11) is 0. The van der Waals surface area contributed by atoms with Gasteiger partial charge in [0.1, 0.15) is 5.38 Å². The quantitative estimate of drug-likeness (QED) is 0.657. The van der Waals surface area contributed by atoms with Gasteiger partial charge >= 0.3 is 0 Å². The molecule has 0 spiro atoms. The van der Waals surface area contributed by atoms with Gasteiger partial charge in [-0.3, -0.25) is 4.79 Å². The van der Waals surface area contributed by atoms with Gasteiger partial charge in [-0.25, -0.2) is 0 Å². The van der Waals surface area contributed by atoms with Crippen LogP contribution in [0.25, 0.3) is 0 Å². The van der Waals surface area contributed by atoms with Gasteiger partial charge in [-0.1, -0.05) is 48.2 Å². The van der Waals surface area contributed by atoms with Crippen molar-refractivity contribution in [1.29, 1.82) is 0 Å². The molecule has 1 atom stereocenters. The van der Waals surface area contributed by atoms with Crippen LogP contribution in [0, 0.1) is 0 Å². The molecule has 0 saturated carbocycles. The molecule has 1 aliphatic rings. The Morgan fingerprint density at radius 1 is 0.941 bits per heavy atom. The van der Waals surface area contributed by atoms with Crippen molar-refractivity contribution >= 4 is 29.1 Å². The number of hydrogen-bond acceptors (Lipinski definition) is 2. The highest BCUT2D eigenvalue weighted by Crippen LogP contribution is 2.42. The molecule has 84 valence electrons. The molecule has 0 aromatic heterocycles. The van der Waals surface area contributed by atoms with Crippen LogP contribution in [-0.2, 0) is 0 Å². The first-order chi connectivity index (χ1) is 8.27. The first-order valence-electron chi connectivity index (χ1n) is 5.31. The number of rotatable bonds is 0. The number of alkyl halides is 1. The van der Waals surface area contributed by atoms with Crippen molar-refractivity contribution in [2.75, 3.05) is 0 Å². The predicted octanol–water partition coefficient (Wildman–Crippen LogP) is 4.31. The number of hydrogen-bond donors (Lipinski definition) is 0.